The number of rotatable bonds is 6. The Morgan fingerprint density at radius 3 is 2.69 bits per heavy atom. The number of benzene rings is 2. The van der Waals surface area contributed by atoms with E-state index in [1.165, 1.54) is 5.56 Å². The fourth-order valence-corrected chi connectivity index (χ4v) is 4.64. The predicted molar refractivity (Wildman–Crippen MR) is 118 cm³/mol. The molecule has 5 rings (SSSR count). The Bertz CT molecular complexity index is 1090. The van der Waals surface area contributed by atoms with E-state index in [2.05, 4.69) is 51.3 Å². The zero-order valence-electron chi connectivity index (χ0n) is 16.0. The molecule has 5 nitrogen and oxygen atoms in total. The molecule has 1 unspecified atom stereocenters. The first-order valence-corrected chi connectivity index (χ1v) is 10.8. The maximum absolute atomic E-state index is 6.08. The molecule has 1 aliphatic rings. The van der Waals surface area contributed by atoms with Gasteiger partial charge in [0.1, 0.15) is 17.9 Å². The lowest BCUT2D eigenvalue weighted by Crippen LogP contribution is -2.14. The van der Waals surface area contributed by atoms with Crippen LogP contribution in [0.3, 0.4) is 0 Å². The lowest BCUT2D eigenvalue weighted by Gasteiger charge is -2.11. The summed E-state index contributed by atoms with van der Waals surface area (Å²) in [5.41, 5.74) is 4.09. The van der Waals surface area contributed by atoms with Crippen molar-refractivity contribution in [3.63, 3.8) is 0 Å². The van der Waals surface area contributed by atoms with Gasteiger partial charge in [0, 0.05) is 29.6 Å². The number of hydrogen-bond donors (Lipinski definition) is 1. The Morgan fingerprint density at radius 1 is 1.03 bits per heavy atom. The minimum atomic E-state index is 0.382. The number of aromatic nitrogens is 3. The molecule has 6 heteroatoms. The number of thioether (sulfide) groups is 1. The molecule has 1 fully saturated rings. The van der Waals surface area contributed by atoms with Gasteiger partial charge in [-0.1, -0.05) is 30.3 Å². The first kappa shape index (κ1) is 18.2. The molecule has 4 aromatic rings. The molecule has 3 heterocycles. The number of pyridine rings is 1. The fourth-order valence-electron chi connectivity index (χ4n) is 3.62. The summed E-state index contributed by atoms with van der Waals surface area (Å²) in [6, 6.07) is 22.5. The van der Waals surface area contributed by atoms with Crippen molar-refractivity contribution in [2.45, 2.75) is 18.3 Å². The second kappa shape index (κ2) is 8.27. The standard InChI is InChI=1S/C23H22N4OS/c1-2-5-18(6-3-1)27-22(26-21-7-4-12-25-23(21)27)15-28-19-10-8-17(9-11-19)13-20-14-24-16-29-20/h1-12,20,24H,13-16H2. The van der Waals surface area contributed by atoms with E-state index < -0.39 is 0 Å². The summed E-state index contributed by atoms with van der Waals surface area (Å²) in [5, 5.41) is 4.06. The molecule has 146 valence electrons. The number of hydrogen-bond acceptors (Lipinski definition) is 5. The lowest BCUT2D eigenvalue weighted by atomic mass is 10.1. The average molecular weight is 403 g/mol. The van der Waals surface area contributed by atoms with E-state index in [4.69, 9.17) is 9.72 Å². The van der Waals surface area contributed by atoms with E-state index in [9.17, 15) is 0 Å². The van der Waals surface area contributed by atoms with E-state index in [0.29, 0.717) is 11.9 Å². The van der Waals surface area contributed by atoms with Crippen molar-refractivity contribution in [1.29, 1.82) is 0 Å². The molecular weight excluding hydrogens is 380 g/mol. The molecule has 2 aromatic carbocycles. The van der Waals surface area contributed by atoms with Crippen LogP contribution in [0.2, 0.25) is 0 Å². The molecule has 0 spiro atoms. The Hall–Kier alpha value is -2.83. The van der Waals surface area contributed by atoms with Crippen LogP contribution in [0.1, 0.15) is 11.4 Å². The highest BCUT2D eigenvalue weighted by molar-refractivity contribution is 8.00. The Balaban J connectivity index is 1.35. The van der Waals surface area contributed by atoms with Crippen LogP contribution in [-0.2, 0) is 13.0 Å². The van der Waals surface area contributed by atoms with Crippen molar-refractivity contribution in [2.24, 2.45) is 0 Å². The van der Waals surface area contributed by atoms with Crippen LogP contribution in [-0.4, -0.2) is 32.2 Å². The molecule has 1 saturated heterocycles. The highest BCUT2D eigenvalue weighted by Crippen LogP contribution is 2.23. The van der Waals surface area contributed by atoms with Gasteiger partial charge < -0.3 is 10.1 Å². The topological polar surface area (TPSA) is 52.0 Å². The zero-order chi connectivity index (χ0) is 19.5. The Morgan fingerprint density at radius 2 is 1.90 bits per heavy atom. The first-order valence-electron chi connectivity index (χ1n) is 9.79. The van der Waals surface area contributed by atoms with Crippen LogP contribution in [0, 0.1) is 0 Å². The van der Waals surface area contributed by atoms with Crippen molar-refractivity contribution in [1.82, 2.24) is 19.9 Å². The summed E-state index contributed by atoms with van der Waals surface area (Å²) in [7, 11) is 0. The first-order chi connectivity index (χ1) is 14.4. The normalized spacial score (nSPS) is 16.3. The van der Waals surface area contributed by atoms with Crippen LogP contribution in [0.25, 0.3) is 16.9 Å². The highest BCUT2D eigenvalue weighted by Gasteiger charge is 2.16. The quantitative estimate of drug-likeness (QED) is 0.524. The second-order valence-electron chi connectivity index (χ2n) is 7.07. The summed E-state index contributed by atoms with van der Waals surface area (Å²) in [6.07, 6.45) is 2.89. The molecule has 0 amide bonds. The number of ether oxygens (including phenoxy) is 1. The van der Waals surface area contributed by atoms with Gasteiger partial charge in [0.05, 0.1) is 0 Å². The fraction of sp³-hybridized carbons (Fsp3) is 0.217. The molecule has 29 heavy (non-hydrogen) atoms. The Kier molecular flexibility index (Phi) is 5.19. The summed E-state index contributed by atoms with van der Waals surface area (Å²) >= 11 is 1.99. The van der Waals surface area contributed by atoms with E-state index >= 15 is 0 Å². The second-order valence-corrected chi connectivity index (χ2v) is 8.36. The van der Waals surface area contributed by atoms with Crippen LogP contribution in [0.4, 0.5) is 0 Å². The van der Waals surface area contributed by atoms with E-state index in [0.717, 1.165) is 47.3 Å². The molecule has 0 saturated carbocycles. The number of imidazole rings is 1. The number of fused-ring (bicyclic) bond motifs is 1. The van der Waals surface area contributed by atoms with E-state index in [1.54, 1.807) is 6.20 Å². The molecule has 0 bridgehead atoms. The maximum Gasteiger partial charge on any atom is 0.164 e. The van der Waals surface area contributed by atoms with Gasteiger partial charge in [-0.05, 0) is 48.4 Å². The third-order valence-corrected chi connectivity index (χ3v) is 6.22. The van der Waals surface area contributed by atoms with E-state index in [1.807, 2.05) is 42.1 Å². The summed E-state index contributed by atoms with van der Waals surface area (Å²) < 4.78 is 8.14. The van der Waals surface area contributed by atoms with Crippen molar-refractivity contribution in [3.05, 3.63) is 84.3 Å². The van der Waals surface area contributed by atoms with Crippen molar-refractivity contribution < 1.29 is 4.74 Å². The van der Waals surface area contributed by atoms with Gasteiger partial charge in [0.25, 0.3) is 0 Å². The van der Waals surface area contributed by atoms with Gasteiger partial charge in [-0.25, -0.2) is 9.97 Å². The maximum atomic E-state index is 6.08. The highest BCUT2D eigenvalue weighted by atomic mass is 32.2. The van der Waals surface area contributed by atoms with Crippen LogP contribution in [0.5, 0.6) is 5.75 Å². The summed E-state index contributed by atoms with van der Waals surface area (Å²) in [6.45, 7) is 1.47. The molecular formula is C23H22N4OS. The van der Waals surface area contributed by atoms with Gasteiger partial charge in [-0.3, -0.25) is 4.57 Å². The van der Waals surface area contributed by atoms with Crippen LogP contribution >= 0.6 is 11.8 Å². The van der Waals surface area contributed by atoms with Gasteiger partial charge in [0.2, 0.25) is 0 Å². The summed E-state index contributed by atoms with van der Waals surface area (Å²) in [5.74, 6) is 2.75. The van der Waals surface area contributed by atoms with Gasteiger partial charge in [0.15, 0.2) is 11.5 Å². The van der Waals surface area contributed by atoms with Crippen molar-refractivity contribution in [2.75, 3.05) is 12.4 Å². The minimum Gasteiger partial charge on any atom is -0.486 e. The molecule has 0 radical (unpaired) electrons. The lowest BCUT2D eigenvalue weighted by molar-refractivity contribution is 0.294. The minimum absolute atomic E-state index is 0.382. The Labute approximate surface area is 174 Å². The molecule has 1 aliphatic heterocycles. The van der Waals surface area contributed by atoms with Gasteiger partial charge in [-0.2, -0.15) is 0 Å². The van der Waals surface area contributed by atoms with E-state index in [-0.39, 0.29) is 0 Å². The number of nitrogens with zero attached hydrogens (tertiary/aromatic N) is 3. The molecule has 1 N–H and O–H groups in total. The molecule has 1 atom stereocenters. The van der Waals surface area contributed by atoms with Gasteiger partial charge in [-0.15, -0.1) is 11.8 Å². The number of nitrogens with one attached hydrogen (secondary N) is 1. The van der Waals surface area contributed by atoms with Crippen LogP contribution in [0.15, 0.2) is 72.9 Å². The predicted octanol–water partition coefficient (Wildman–Crippen LogP) is 4.20. The third-order valence-electron chi connectivity index (χ3n) is 5.05. The molecule has 0 aliphatic carbocycles. The number of para-hydroxylation sites is 1. The van der Waals surface area contributed by atoms with Gasteiger partial charge >= 0.3 is 0 Å². The SMILES string of the molecule is c1ccc(-n2c(COc3ccc(CC4CNCS4)cc3)nc3cccnc32)cc1. The largest absolute Gasteiger partial charge is 0.486 e. The zero-order valence-corrected chi connectivity index (χ0v) is 16.8. The average Bonchev–Trinajstić information content (AvgIpc) is 3.41. The van der Waals surface area contributed by atoms with Crippen LogP contribution < -0.4 is 10.1 Å². The third kappa shape index (κ3) is 3.99. The monoisotopic (exact) mass is 402 g/mol. The van der Waals surface area contributed by atoms with Crippen molar-refractivity contribution in [3.8, 4) is 11.4 Å². The summed E-state index contributed by atoms with van der Waals surface area (Å²) in [4.78, 5) is 9.29. The smallest absolute Gasteiger partial charge is 0.164 e. The van der Waals surface area contributed by atoms with Crippen molar-refractivity contribution >= 4 is 22.9 Å². The molecule has 2 aromatic heterocycles.